The van der Waals surface area contributed by atoms with Crippen molar-refractivity contribution in [3.05, 3.63) is 0 Å². The van der Waals surface area contributed by atoms with E-state index in [1.165, 1.54) is 0 Å². The van der Waals surface area contributed by atoms with Crippen molar-refractivity contribution in [3.8, 4) is 0 Å². The zero-order chi connectivity index (χ0) is 11.8. The summed E-state index contributed by atoms with van der Waals surface area (Å²) >= 11 is 0. The molecule has 90 valence electrons. The summed E-state index contributed by atoms with van der Waals surface area (Å²) < 4.78 is 5.49. The molecule has 4 heteroatoms. The van der Waals surface area contributed by atoms with Gasteiger partial charge in [-0.1, -0.05) is 13.8 Å². The third kappa shape index (κ3) is 7.33. The third-order valence-corrected chi connectivity index (χ3v) is 2.37. The highest BCUT2D eigenvalue weighted by molar-refractivity contribution is 5.79. The smallest absolute Gasteiger partial charge is 0.0947 e. The molecule has 1 atom stereocenters. The van der Waals surface area contributed by atoms with Crippen LogP contribution in [0.1, 0.15) is 27.7 Å². The number of ether oxygens (including phenoxy) is 1. The highest BCUT2D eigenvalue weighted by Crippen LogP contribution is 1.99. The van der Waals surface area contributed by atoms with E-state index >= 15 is 0 Å². The molecule has 0 spiro atoms. The number of nitrogens with one attached hydrogen (secondary N) is 1. The van der Waals surface area contributed by atoms with Gasteiger partial charge in [0.25, 0.3) is 0 Å². The minimum atomic E-state index is 0.129. The predicted molar refractivity (Wildman–Crippen MR) is 64.3 cm³/mol. The fourth-order valence-electron chi connectivity index (χ4n) is 1.28. The molecular weight excluding hydrogens is 190 g/mol. The standard InChI is InChI=1S/C11H25N3O/c1-5-14(6-7-15-9(2)3)8-10(4)11(12)13/h9-10H,5-8H2,1-4H3,(H3,12,13). The first-order valence-electron chi connectivity index (χ1n) is 5.65. The van der Waals surface area contributed by atoms with E-state index in [1.807, 2.05) is 20.8 Å². The lowest BCUT2D eigenvalue weighted by atomic mass is 10.1. The van der Waals surface area contributed by atoms with Crippen molar-refractivity contribution in [3.63, 3.8) is 0 Å². The van der Waals surface area contributed by atoms with Crippen molar-refractivity contribution in [1.82, 2.24) is 4.90 Å². The van der Waals surface area contributed by atoms with Gasteiger partial charge < -0.3 is 15.4 Å². The van der Waals surface area contributed by atoms with Gasteiger partial charge in [0.05, 0.1) is 18.5 Å². The van der Waals surface area contributed by atoms with Crippen LogP contribution in [0.15, 0.2) is 0 Å². The van der Waals surface area contributed by atoms with Crippen LogP contribution in [0.3, 0.4) is 0 Å². The molecule has 0 radical (unpaired) electrons. The van der Waals surface area contributed by atoms with Gasteiger partial charge in [0.15, 0.2) is 0 Å². The summed E-state index contributed by atoms with van der Waals surface area (Å²) in [6.07, 6.45) is 0.286. The maximum Gasteiger partial charge on any atom is 0.0947 e. The number of nitrogens with zero attached hydrogens (tertiary/aromatic N) is 1. The summed E-state index contributed by atoms with van der Waals surface area (Å²) in [6.45, 7) is 11.6. The van der Waals surface area contributed by atoms with Gasteiger partial charge in [-0.15, -0.1) is 0 Å². The van der Waals surface area contributed by atoms with Crippen LogP contribution in [-0.4, -0.2) is 43.1 Å². The molecule has 4 nitrogen and oxygen atoms in total. The first kappa shape index (κ1) is 14.4. The van der Waals surface area contributed by atoms with Crippen molar-refractivity contribution in [1.29, 1.82) is 5.41 Å². The van der Waals surface area contributed by atoms with E-state index in [1.54, 1.807) is 0 Å². The molecule has 0 saturated carbocycles. The minimum absolute atomic E-state index is 0.129. The van der Waals surface area contributed by atoms with Gasteiger partial charge in [-0.05, 0) is 20.4 Å². The van der Waals surface area contributed by atoms with Gasteiger partial charge in [0, 0.05) is 19.0 Å². The van der Waals surface area contributed by atoms with E-state index in [0.29, 0.717) is 0 Å². The van der Waals surface area contributed by atoms with Crippen molar-refractivity contribution < 1.29 is 4.74 Å². The molecule has 0 heterocycles. The van der Waals surface area contributed by atoms with Crippen molar-refractivity contribution in [2.24, 2.45) is 11.7 Å². The van der Waals surface area contributed by atoms with E-state index in [9.17, 15) is 0 Å². The van der Waals surface area contributed by atoms with Gasteiger partial charge in [-0.25, -0.2) is 0 Å². The molecule has 0 fully saturated rings. The zero-order valence-electron chi connectivity index (χ0n) is 10.4. The normalized spacial score (nSPS) is 13.5. The Kier molecular flexibility index (Phi) is 7.34. The Morgan fingerprint density at radius 1 is 1.40 bits per heavy atom. The number of rotatable bonds is 8. The molecule has 0 amide bonds. The predicted octanol–water partition coefficient (Wildman–Crippen LogP) is 1.31. The third-order valence-electron chi connectivity index (χ3n) is 2.37. The maximum absolute atomic E-state index is 7.33. The Morgan fingerprint density at radius 3 is 2.40 bits per heavy atom. The Hall–Kier alpha value is -0.610. The molecular formula is C11H25N3O. The van der Waals surface area contributed by atoms with E-state index in [4.69, 9.17) is 15.9 Å². The fourth-order valence-corrected chi connectivity index (χ4v) is 1.28. The summed E-state index contributed by atoms with van der Waals surface area (Å²) in [5, 5.41) is 7.33. The zero-order valence-corrected chi connectivity index (χ0v) is 10.4. The van der Waals surface area contributed by atoms with E-state index < -0.39 is 0 Å². The Balaban J connectivity index is 3.77. The monoisotopic (exact) mass is 215 g/mol. The maximum atomic E-state index is 7.33. The van der Waals surface area contributed by atoms with Crippen LogP contribution < -0.4 is 5.73 Å². The number of nitrogens with two attached hydrogens (primary N) is 1. The molecule has 0 saturated heterocycles. The minimum Gasteiger partial charge on any atom is -0.387 e. The molecule has 0 aromatic heterocycles. The van der Waals surface area contributed by atoms with E-state index in [2.05, 4.69) is 11.8 Å². The summed E-state index contributed by atoms with van der Waals surface area (Å²) in [7, 11) is 0. The molecule has 0 rings (SSSR count). The van der Waals surface area contributed by atoms with Crippen LogP contribution in [0.4, 0.5) is 0 Å². The first-order valence-corrected chi connectivity index (χ1v) is 5.65. The number of hydrogen-bond donors (Lipinski definition) is 2. The molecule has 0 aliphatic rings. The van der Waals surface area contributed by atoms with E-state index in [0.717, 1.165) is 26.2 Å². The molecule has 0 aromatic carbocycles. The lowest BCUT2D eigenvalue weighted by Gasteiger charge is -2.24. The van der Waals surface area contributed by atoms with Crippen LogP contribution in [0.2, 0.25) is 0 Å². The summed E-state index contributed by atoms with van der Waals surface area (Å²) in [4.78, 5) is 2.26. The molecule has 3 N–H and O–H groups in total. The van der Waals surface area contributed by atoms with Crippen LogP contribution >= 0.6 is 0 Å². The number of amidine groups is 1. The quantitative estimate of drug-likeness (QED) is 0.474. The molecule has 0 aliphatic carbocycles. The topological polar surface area (TPSA) is 62.3 Å². The van der Waals surface area contributed by atoms with Crippen LogP contribution in [0.25, 0.3) is 0 Å². The average Bonchev–Trinajstić information content (AvgIpc) is 2.15. The second-order valence-corrected chi connectivity index (χ2v) is 4.17. The van der Waals surface area contributed by atoms with Crippen molar-refractivity contribution >= 4 is 5.84 Å². The molecule has 0 bridgehead atoms. The van der Waals surface area contributed by atoms with Gasteiger partial charge in [-0.3, -0.25) is 5.41 Å². The molecule has 0 aromatic rings. The lowest BCUT2D eigenvalue weighted by Crippen LogP contribution is -2.36. The molecule has 1 unspecified atom stereocenters. The second-order valence-electron chi connectivity index (χ2n) is 4.17. The van der Waals surface area contributed by atoms with Crippen molar-refractivity contribution in [2.75, 3.05) is 26.2 Å². The Labute approximate surface area is 93.3 Å². The van der Waals surface area contributed by atoms with Crippen molar-refractivity contribution in [2.45, 2.75) is 33.8 Å². The highest BCUT2D eigenvalue weighted by Gasteiger charge is 2.10. The van der Waals surface area contributed by atoms with E-state index in [-0.39, 0.29) is 17.9 Å². The number of hydrogen-bond acceptors (Lipinski definition) is 3. The van der Waals surface area contributed by atoms with Crippen LogP contribution in [0, 0.1) is 11.3 Å². The number of likely N-dealkylation sites (N-methyl/N-ethyl adjacent to an activating group) is 1. The van der Waals surface area contributed by atoms with Gasteiger partial charge in [0.2, 0.25) is 0 Å². The van der Waals surface area contributed by atoms with Crippen LogP contribution in [0.5, 0.6) is 0 Å². The lowest BCUT2D eigenvalue weighted by molar-refractivity contribution is 0.0588. The van der Waals surface area contributed by atoms with Gasteiger partial charge >= 0.3 is 0 Å². The second kappa shape index (κ2) is 7.65. The summed E-state index contributed by atoms with van der Waals surface area (Å²) in [5.41, 5.74) is 5.44. The highest BCUT2D eigenvalue weighted by atomic mass is 16.5. The van der Waals surface area contributed by atoms with Crippen LogP contribution in [-0.2, 0) is 4.74 Å². The Bertz CT molecular complexity index is 183. The first-order chi connectivity index (χ1) is 6.97. The van der Waals surface area contributed by atoms with Gasteiger partial charge in [-0.2, -0.15) is 0 Å². The average molecular weight is 215 g/mol. The SMILES string of the molecule is CCN(CCOC(C)C)CC(C)C(=N)N. The molecule has 15 heavy (non-hydrogen) atoms. The Morgan fingerprint density at radius 2 is 2.00 bits per heavy atom. The largest absolute Gasteiger partial charge is 0.387 e. The van der Waals surface area contributed by atoms with Gasteiger partial charge in [0.1, 0.15) is 0 Å². The molecule has 0 aliphatic heterocycles. The summed E-state index contributed by atoms with van der Waals surface area (Å²) in [6, 6.07) is 0. The summed E-state index contributed by atoms with van der Waals surface area (Å²) in [5.74, 6) is 0.391. The fraction of sp³-hybridized carbons (Fsp3) is 0.909.